The molecule has 3 rings (SSSR count). The number of amides is 4. The minimum Gasteiger partial charge on any atom is -0.497 e. The summed E-state index contributed by atoms with van der Waals surface area (Å²) in [6.07, 6.45) is 0.895. The van der Waals surface area contributed by atoms with E-state index in [0.29, 0.717) is 18.6 Å². The Bertz CT molecular complexity index is 639. The number of benzene rings is 1. The van der Waals surface area contributed by atoms with Gasteiger partial charge in [0.2, 0.25) is 5.91 Å². The first-order chi connectivity index (χ1) is 9.49. The number of nitrogens with one attached hydrogen (secondary N) is 1. The van der Waals surface area contributed by atoms with Crippen molar-refractivity contribution < 1.29 is 19.1 Å². The van der Waals surface area contributed by atoms with Crippen LogP contribution in [0.4, 0.5) is 10.5 Å². The molecule has 1 N–H and O–H groups in total. The summed E-state index contributed by atoms with van der Waals surface area (Å²) in [6.45, 7) is 0. The number of nitrogens with zero attached hydrogens (tertiary/aromatic N) is 1. The van der Waals surface area contributed by atoms with E-state index in [1.165, 1.54) is 19.2 Å². The average Bonchev–Trinajstić information content (AvgIpc) is 3.21. The third kappa shape index (κ3) is 1.68. The zero-order valence-corrected chi connectivity index (χ0v) is 11.4. The number of carbonyl (C=O) groups is 3. The van der Waals surface area contributed by atoms with E-state index in [9.17, 15) is 14.4 Å². The lowest BCUT2D eigenvalue weighted by Gasteiger charge is -2.30. The average molecular weight is 295 g/mol. The number of imide groups is 2. The van der Waals surface area contributed by atoms with Gasteiger partial charge in [0.05, 0.1) is 17.8 Å². The summed E-state index contributed by atoms with van der Waals surface area (Å²) in [7, 11) is 1.47. The topological polar surface area (TPSA) is 75.7 Å². The third-order valence-corrected chi connectivity index (χ3v) is 3.93. The van der Waals surface area contributed by atoms with Gasteiger partial charge < -0.3 is 4.74 Å². The van der Waals surface area contributed by atoms with Crippen LogP contribution in [0.15, 0.2) is 18.2 Å². The number of urea groups is 1. The van der Waals surface area contributed by atoms with E-state index in [4.69, 9.17) is 16.3 Å². The number of ether oxygens (including phenoxy) is 1. The highest BCUT2D eigenvalue weighted by Crippen LogP contribution is 2.50. The quantitative estimate of drug-likeness (QED) is 0.843. The van der Waals surface area contributed by atoms with E-state index in [0.717, 1.165) is 4.90 Å². The van der Waals surface area contributed by atoms with E-state index < -0.39 is 23.3 Å². The molecule has 1 spiro atoms. The van der Waals surface area contributed by atoms with Gasteiger partial charge in [-0.3, -0.25) is 14.9 Å². The zero-order valence-electron chi connectivity index (χ0n) is 10.6. The molecule has 2 fully saturated rings. The molecule has 104 valence electrons. The number of hydrogen-bond donors (Lipinski definition) is 1. The van der Waals surface area contributed by atoms with Crippen molar-refractivity contribution in [3.8, 4) is 5.75 Å². The van der Waals surface area contributed by atoms with Gasteiger partial charge in [-0.15, -0.1) is 0 Å². The van der Waals surface area contributed by atoms with Crippen LogP contribution in [0.1, 0.15) is 12.8 Å². The standard InChI is InChI=1S/C13H11ClN2O4/c1-20-7-2-3-8(14)9(6-7)16-11(18)13(4-5-13)10(17)15-12(16)19/h2-3,6H,4-5H2,1H3,(H,15,17,19). The summed E-state index contributed by atoms with van der Waals surface area (Å²) in [4.78, 5) is 37.0. The van der Waals surface area contributed by atoms with Gasteiger partial charge in [-0.1, -0.05) is 11.6 Å². The number of anilines is 1. The monoisotopic (exact) mass is 294 g/mol. The lowest BCUT2D eigenvalue weighted by Crippen LogP contribution is -2.59. The summed E-state index contributed by atoms with van der Waals surface area (Å²) in [6, 6.07) is 3.86. The molecular formula is C13H11ClN2O4. The maximum absolute atomic E-state index is 12.4. The van der Waals surface area contributed by atoms with Gasteiger partial charge in [0.1, 0.15) is 11.2 Å². The number of hydrogen-bond acceptors (Lipinski definition) is 4. The van der Waals surface area contributed by atoms with Crippen molar-refractivity contribution in [2.45, 2.75) is 12.8 Å². The molecule has 0 bridgehead atoms. The van der Waals surface area contributed by atoms with Crippen molar-refractivity contribution in [1.82, 2.24) is 5.32 Å². The first-order valence-electron chi connectivity index (χ1n) is 6.03. The third-order valence-electron chi connectivity index (χ3n) is 3.61. The molecule has 1 saturated heterocycles. The fraction of sp³-hybridized carbons (Fsp3) is 0.308. The Morgan fingerprint density at radius 2 is 2.00 bits per heavy atom. The van der Waals surface area contributed by atoms with Crippen LogP contribution in [0.2, 0.25) is 5.02 Å². The Hall–Kier alpha value is -2.08. The molecule has 1 saturated carbocycles. The van der Waals surface area contributed by atoms with E-state index in [2.05, 4.69) is 5.32 Å². The fourth-order valence-corrected chi connectivity index (χ4v) is 2.45. The van der Waals surface area contributed by atoms with Crippen molar-refractivity contribution >= 4 is 35.1 Å². The molecule has 7 heteroatoms. The van der Waals surface area contributed by atoms with Crippen LogP contribution in [0, 0.1) is 5.41 Å². The molecule has 4 amide bonds. The van der Waals surface area contributed by atoms with Crippen LogP contribution >= 0.6 is 11.6 Å². The minimum absolute atomic E-state index is 0.215. The molecule has 1 aliphatic carbocycles. The second kappa shape index (κ2) is 4.21. The summed E-state index contributed by atoms with van der Waals surface area (Å²) >= 11 is 6.05. The number of barbiturate groups is 1. The predicted octanol–water partition coefficient (Wildman–Crippen LogP) is 1.71. The van der Waals surface area contributed by atoms with Crippen LogP contribution in [-0.4, -0.2) is 25.0 Å². The predicted molar refractivity (Wildman–Crippen MR) is 70.7 cm³/mol. The van der Waals surface area contributed by atoms with Crippen LogP contribution in [0.3, 0.4) is 0 Å². The van der Waals surface area contributed by atoms with Crippen molar-refractivity contribution in [3.05, 3.63) is 23.2 Å². The molecule has 1 aliphatic heterocycles. The number of rotatable bonds is 2. The molecule has 1 aromatic rings. The van der Waals surface area contributed by atoms with Gasteiger partial charge in [-0.2, -0.15) is 0 Å². The molecule has 0 aromatic heterocycles. The normalized spacial score (nSPS) is 20.1. The van der Waals surface area contributed by atoms with E-state index in [1.807, 2.05) is 0 Å². The molecule has 1 heterocycles. The molecule has 0 radical (unpaired) electrons. The zero-order chi connectivity index (χ0) is 14.5. The molecule has 0 unspecified atom stereocenters. The maximum atomic E-state index is 12.4. The summed E-state index contributed by atoms with van der Waals surface area (Å²) in [5, 5.41) is 2.44. The largest absolute Gasteiger partial charge is 0.497 e. The first kappa shape index (κ1) is 12.9. The van der Waals surface area contributed by atoms with Gasteiger partial charge in [0, 0.05) is 6.07 Å². The lowest BCUT2D eigenvalue weighted by molar-refractivity contribution is -0.136. The molecule has 20 heavy (non-hydrogen) atoms. The van der Waals surface area contributed by atoms with Crippen LogP contribution < -0.4 is 15.0 Å². The SMILES string of the molecule is COc1ccc(Cl)c(N2C(=O)NC(=O)C3(CC3)C2=O)c1. The van der Waals surface area contributed by atoms with Gasteiger partial charge in [-0.05, 0) is 25.0 Å². The Kier molecular flexibility index (Phi) is 2.72. The summed E-state index contributed by atoms with van der Waals surface area (Å²) < 4.78 is 5.06. The fourth-order valence-electron chi connectivity index (χ4n) is 2.25. The van der Waals surface area contributed by atoms with Crippen LogP contribution in [0.25, 0.3) is 0 Å². The molecule has 1 aromatic carbocycles. The van der Waals surface area contributed by atoms with Gasteiger partial charge >= 0.3 is 6.03 Å². The Morgan fingerprint density at radius 1 is 1.30 bits per heavy atom. The van der Waals surface area contributed by atoms with Gasteiger partial charge in [-0.25, -0.2) is 9.69 Å². The Balaban J connectivity index is 2.07. The molecule has 6 nitrogen and oxygen atoms in total. The van der Waals surface area contributed by atoms with Gasteiger partial charge in [0.25, 0.3) is 5.91 Å². The number of halogens is 1. The lowest BCUT2D eigenvalue weighted by atomic mass is 10.0. The highest BCUT2D eigenvalue weighted by atomic mass is 35.5. The van der Waals surface area contributed by atoms with Crippen molar-refractivity contribution in [2.24, 2.45) is 5.41 Å². The van der Waals surface area contributed by atoms with Crippen LogP contribution in [0.5, 0.6) is 5.75 Å². The maximum Gasteiger partial charge on any atom is 0.335 e. The second-order valence-electron chi connectivity index (χ2n) is 4.80. The smallest absolute Gasteiger partial charge is 0.335 e. The Morgan fingerprint density at radius 3 is 2.60 bits per heavy atom. The van der Waals surface area contributed by atoms with E-state index >= 15 is 0 Å². The highest BCUT2D eigenvalue weighted by Gasteiger charge is 2.62. The Labute approximate surface area is 119 Å². The number of methoxy groups -OCH3 is 1. The second-order valence-corrected chi connectivity index (χ2v) is 5.21. The van der Waals surface area contributed by atoms with Crippen molar-refractivity contribution in [2.75, 3.05) is 12.0 Å². The van der Waals surface area contributed by atoms with Crippen LogP contribution in [-0.2, 0) is 9.59 Å². The number of carbonyl (C=O) groups excluding carboxylic acids is 3. The van der Waals surface area contributed by atoms with Crippen molar-refractivity contribution in [1.29, 1.82) is 0 Å². The van der Waals surface area contributed by atoms with Crippen molar-refractivity contribution in [3.63, 3.8) is 0 Å². The highest BCUT2D eigenvalue weighted by molar-refractivity contribution is 6.38. The van der Waals surface area contributed by atoms with E-state index in [-0.39, 0.29) is 10.7 Å². The first-order valence-corrected chi connectivity index (χ1v) is 6.41. The molecular weight excluding hydrogens is 284 g/mol. The molecule has 2 aliphatic rings. The summed E-state index contributed by atoms with van der Waals surface area (Å²) in [5.74, 6) is -0.587. The summed E-state index contributed by atoms with van der Waals surface area (Å²) in [5.41, 5.74) is -0.882. The molecule has 0 atom stereocenters. The van der Waals surface area contributed by atoms with E-state index in [1.54, 1.807) is 6.07 Å². The van der Waals surface area contributed by atoms with Gasteiger partial charge in [0.15, 0.2) is 0 Å². The minimum atomic E-state index is -1.10.